The largest absolute Gasteiger partial charge is 0.436 e. The summed E-state index contributed by atoms with van der Waals surface area (Å²) in [6.07, 6.45) is 11.5. The third-order valence-electron chi connectivity index (χ3n) is 4.00. The predicted molar refractivity (Wildman–Crippen MR) is 91.0 cm³/mol. The van der Waals surface area contributed by atoms with Crippen LogP contribution in [-0.2, 0) is 9.47 Å². The van der Waals surface area contributed by atoms with Gasteiger partial charge in [0.25, 0.3) is 0 Å². The summed E-state index contributed by atoms with van der Waals surface area (Å²) in [4.78, 5) is 23.3. The van der Waals surface area contributed by atoms with Gasteiger partial charge in [-0.25, -0.2) is 9.59 Å². The number of ether oxygens (including phenoxy) is 2. The summed E-state index contributed by atoms with van der Waals surface area (Å²) in [5, 5.41) is 5.61. The SMILES string of the molecule is C#CCOC(=O)NCC1(C)CC(NC(=O)OCC#C)CC(C)(C)C1. The van der Waals surface area contributed by atoms with Crippen molar-refractivity contribution in [2.75, 3.05) is 19.8 Å². The number of terminal acetylenes is 2. The summed E-state index contributed by atoms with van der Waals surface area (Å²) in [5.41, 5.74) is -0.164. The highest BCUT2D eigenvalue weighted by atomic mass is 16.6. The van der Waals surface area contributed by atoms with E-state index in [1.54, 1.807) is 0 Å². The van der Waals surface area contributed by atoms with Crippen molar-refractivity contribution in [1.82, 2.24) is 10.6 Å². The molecule has 1 aliphatic carbocycles. The van der Waals surface area contributed by atoms with Crippen LogP contribution in [0.5, 0.6) is 0 Å². The van der Waals surface area contributed by atoms with E-state index < -0.39 is 12.2 Å². The number of carbonyl (C=O) groups excluding carboxylic acids is 2. The lowest BCUT2D eigenvalue weighted by atomic mass is 9.62. The Bertz CT molecular complexity index is 544. The van der Waals surface area contributed by atoms with Gasteiger partial charge in [-0.05, 0) is 30.1 Å². The van der Waals surface area contributed by atoms with Crippen LogP contribution in [-0.4, -0.2) is 38.0 Å². The number of carbonyl (C=O) groups is 2. The monoisotopic (exact) mass is 334 g/mol. The van der Waals surface area contributed by atoms with Crippen LogP contribution in [0.3, 0.4) is 0 Å². The summed E-state index contributed by atoms with van der Waals surface area (Å²) < 4.78 is 9.70. The van der Waals surface area contributed by atoms with Crippen molar-refractivity contribution in [3.05, 3.63) is 0 Å². The van der Waals surface area contributed by atoms with E-state index in [0.717, 1.165) is 19.3 Å². The summed E-state index contributed by atoms with van der Waals surface area (Å²) in [6.45, 7) is 6.69. The lowest BCUT2D eigenvalue weighted by molar-refractivity contribution is 0.0646. The lowest BCUT2D eigenvalue weighted by Gasteiger charge is -2.46. The molecule has 1 aliphatic rings. The molecule has 2 amide bonds. The Kier molecular flexibility index (Phi) is 6.97. The Morgan fingerprint density at radius 1 is 1.08 bits per heavy atom. The van der Waals surface area contributed by atoms with Gasteiger partial charge < -0.3 is 20.1 Å². The zero-order valence-electron chi connectivity index (χ0n) is 14.6. The molecule has 132 valence electrons. The second-order valence-electron chi connectivity index (χ2n) is 7.32. The smallest absolute Gasteiger partial charge is 0.408 e. The second kappa shape index (κ2) is 8.49. The number of alkyl carbamates (subject to hydrolysis) is 2. The van der Waals surface area contributed by atoms with Crippen LogP contribution < -0.4 is 10.6 Å². The van der Waals surface area contributed by atoms with E-state index in [2.05, 4.69) is 43.2 Å². The third-order valence-corrected chi connectivity index (χ3v) is 4.00. The Morgan fingerprint density at radius 2 is 1.67 bits per heavy atom. The van der Waals surface area contributed by atoms with Crippen molar-refractivity contribution >= 4 is 12.2 Å². The molecule has 0 saturated heterocycles. The molecule has 2 N–H and O–H groups in total. The predicted octanol–water partition coefficient (Wildman–Crippen LogP) is 2.29. The molecule has 0 bridgehead atoms. The van der Waals surface area contributed by atoms with E-state index in [4.69, 9.17) is 22.3 Å². The molecule has 1 saturated carbocycles. The van der Waals surface area contributed by atoms with Crippen LogP contribution in [0.15, 0.2) is 0 Å². The van der Waals surface area contributed by atoms with Gasteiger partial charge in [0.2, 0.25) is 0 Å². The summed E-state index contributed by atoms with van der Waals surface area (Å²) in [7, 11) is 0. The second-order valence-corrected chi connectivity index (χ2v) is 7.32. The first-order valence-corrected chi connectivity index (χ1v) is 7.90. The lowest BCUT2D eigenvalue weighted by Crippen LogP contribution is -2.50. The first-order valence-electron chi connectivity index (χ1n) is 7.90. The van der Waals surface area contributed by atoms with Gasteiger partial charge in [-0.2, -0.15) is 0 Å². The summed E-state index contributed by atoms with van der Waals surface area (Å²) >= 11 is 0. The topological polar surface area (TPSA) is 76.7 Å². The van der Waals surface area contributed by atoms with Gasteiger partial charge in [-0.3, -0.25) is 0 Å². The van der Waals surface area contributed by atoms with Gasteiger partial charge in [0.05, 0.1) is 0 Å². The van der Waals surface area contributed by atoms with Crippen LogP contribution in [0.25, 0.3) is 0 Å². The van der Waals surface area contributed by atoms with Crippen molar-refractivity contribution in [2.24, 2.45) is 10.8 Å². The number of hydrogen-bond donors (Lipinski definition) is 2. The number of hydrogen-bond acceptors (Lipinski definition) is 4. The van der Waals surface area contributed by atoms with Crippen molar-refractivity contribution < 1.29 is 19.1 Å². The van der Waals surface area contributed by atoms with Crippen LogP contribution in [0, 0.1) is 35.5 Å². The van der Waals surface area contributed by atoms with Crippen LogP contribution in [0.4, 0.5) is 9.59 Å². The maximum absolute atomic E-state index is 11.7. The molecule has 1 rings (SSSR count). The van der Waals surface area contributed by atoms with Crippen LogP contribution in [0.1, 0.15) is 40.0 Å². The fourth-order valence-electron chi connectivity index (χ4n) is 3.63. The minimum absolute atomic E-state index is 0.0153. The van der Waals surface area contributed by atoms with Crippen molar-refractivity contribution in [3.63, 3.8) is 0 Å². The molecule has 2 unspecified atom stereocenters. The number of rotatable bonds is 5. The van der Waals surface area contributed by atoms with Crippen LogP contribution >= 0.6 is 0 Å². The fraction of sp³-hybridized carbons (Fsp3) is 0.667. The van der Waals surface area contributed by atoms with Crippen molar-refractivity contribution in [3.8, 4) is 24.7 Å². The Morgan fingerprint density at radius 3 is 2.25 bits per heavy atom. The summed E-state index contributed by atoms with van der Waals surface area (Å²) in [5.74, 6) is 4.51. The number of amides is 2. The molecular formula is C18H26N2O4. The Balaban J connectivity index is 2.63. The Labute approximate surface area is 144 Å². The highest BCUT2D eigenvalue weighted by Gasteiger charge is 2.42. The van der Waals surface area contributed by atoms with E-state index >= 15 is 0 Å². The molecule has 0 aliphatic heterocycles. The molecule has 0 aromatic heterocycles. The molecule has 0 radical (unpaired) electrons. The minimum atomic E-state index is -0.532. The maximum atomic E-state index is 11.7. The van der Waals surface area contributed by atoms with Gasteiger partial charge in [0.15, 0.2) is 13.2 Å². The van der Waals surface area contributed by atoms with Gasteiger partial charge in [0.1, 0.15) is 0 Å². The van der Waals surface area contributed by atoms with Gasteiger partial charge in [-0.1, -0.05) is 32.6 Å². The van der Waals surface area contributed by atoms with E-state index in [1.165, 1.54) is 0 Å². The first kappa shape index (κ1) is 19.7. The zero-order chi connectivity index (χ0) is 18.2. The van der Waals surface area contributed by atoms with Crippen LogP contribution in [0.2, 0.25) is 0 Å². The summed E-state index contributed by atoms with van der Waals surface area (Å²) in [6, 6.07) is -0.0486. The quantitative estimate of drug-likeness (QED) is 0.756. The normalized spacial score (nSPS) is 24.8. The maximum Gasteiger partial charge on any atom is 0.408 e. The molecule has 1 fully saturated rings. The molecule has 2 atom stereocenters. The molecule has 0 aromatic rings. The fourth-order valence-corrected chi connectivity index (χ4v) is 3.63. The van der Waals surface area contributed by atoms with Gasteiger partial charge in [0, 0.05) is 12.6 Å². The van der Waals surface area contributed by atoms with Gasteiger partial charge >= 0.3 is 12.2 Å². The Hall–Kier alpha value is -2.34. The van der Waals surface area contributed by atoms with E-state index in [1.807, 2.05) is 0 Å². The molecule has 6 heteroatoms. The average Bonchev–Trinajstić information content (AvgIpc) is 2.47. The van der Waals surface area contributed by atoms with E-state index in [-0.39, 0.29) is 30.1 Å². The minimum Gasteiger partial charge on any atom is -0.436 e. The number of nitrogens with one attached hydrogen (secondary N) is 2. The molecule has 6 nitrogen and oxygen atoms in total. The van der Waals surface area contributed by atoms with Gasteiger partial charge in [-0.15, -0.1) is 12.8 Å². The third kappa shape index (κ3) is 6.83. The molecule has 24 heavy (non-hydrogen) atoms. The highest BCUT2D eigenvalue weighted by molar-refractivity contribution is 5.68. The standard InChI is InChI=1S/C18H26N2O4/c1-6-8-23-15(21)19-13-18(5)11-14(10-17(3,4)12-18)20-16(22)24-9-7-2/h1-2,14H,8-13H2,3-5H3,(H,19,21)(H,20,22). The molecule has 0 aromatic carbocycles. The molecule has 0 spiro atoms. The highest BCUT2D eigenvalue weighted by Crippen LogP contribution is 2.45. The van der Waals surface area contributed by atoms with E-state index in [0.29, 0.717) is 6.54 Å². The van der Waals surface area contributed by atoms with Crippen molar-refractivity contribution in [2.45, 2.75) is 46.1 Å². The molecular weight excluding hydrogens is 308 g/mol. The van der Waals surface area contributed by atoms with Crippen molar-refractivity contribution in [1.29, 1.82) is 0 Å². The average molecular weight is 334 g/mol. The zero-order valence-corrected chi connectivity index (χ0v) is 14.6. The van der Waals surface area contributed by atoms with E-state index in [9.17, 15) is 9.59 Å². The first-order chi connectivity index (χ1) is 11.2. The molecule has 0 heterocycles.